The fourth-order valence-electron chi connectivity index (χ4n) is 3.51. The van der Waals surface area contributed by atoms with Gasteiger partial charge in [0.2, 0.25) is 0 Å². The summed E-state index contributed by atoms with van der Waals surface area (Å²) >= 11 is 0.849. The molecule has 0 radical (unpaired) electrons. The van der Waals surface area contributed by atoms with Crippen LogP contribution in [0.2, 0.25) is 0 Å². The van der Waals surface area contributed by atoms with Gasteiger partial charge in [0.25, 0.3) is 11.1 Å². The summed E-state index contributed by atoms with van der Waals surface area (Å²) in [5.41, 5.74) is -0.0896. The van der Waals surface area contributed by atoms with Crippen LogP contribution in [0, 0.1) is 15.5 Å². The summed E-state index contributed by atoms with van der Waals surface area (Å²) in [4.78, 5) is 36.7. The number of phenols is 1. The highest BCUT2D eigenvalue weighted by atomic mass is 32.2. The molecular weight excluding hydrogens is 356 g/mol. The number of amides is 2. The van der Waals surface area contributed by atoms with Crippen LogP contribution in [-0.2, 0) is 4.79 Å². The Balaban J connectivity index is 1.81. The first kappa shape index (κ1) is 18.4. The molecule has 0 unspecified atom stereocenters. The Bertz CT molecular complexity index is 799. The number of thioether (sulfide) groups is 1. The van der Waals surface area contributed by atoms with Gasteiger partial charge in [-0.1, -0.05) is 32.3 Å². The smallest absolute Gasteiger partial charge is 0.311 e. The van der Waals surface area contributed by atoms with Crippen molar-refractivity contribution in [1.82, 2.24) is 4.90 Å². The van der Waals surface area contributed by atoms with Gasteiger partial charge in [0, 0.05) is 12.6 Å². The van der Waals surface area contributed by atoms with Crippen molar-refractivity contribution in [3.8, 4) is 5.75 Å². The van der Waals surface area contributed by atoms with Gasteiger partial charge < -0.3 is 5.11 Å². The molecule has 0 bridgehead atoms. The Morgan fingerprint density at radius 1 is 1.31 bits per heavy atom. The average Bonchev–Trinajstić information content (AvgIpc) is 2.84. The number of imide groups is 1. The molecule has 0 atom stereocenters. The van der Waals surface area contributed by atoms with Crippen molar-refractivity contribution >= 4 is 34.7 Å². The minimum Gasteiger partial charge on any atom is -0.502 e. The maximum atomic E-state index is 12.7. The van der Waals surface area contributed by atoms with Gasteiger partial charge in [-0.05, 0) is 47.7 Å². The highest BCUT2D eigenvalue weighted by Gasteiger charge is 2.40. The summed E-state index contributed by atoms with van der Waals surface area (Å²) in [5, 5.41) is 20.1. The van der Waals surface area contributed by atoms with Crippen molar-refractivity contribution in [2.45, 2.75) is 39.0 Å². The topological polar surface area (TPSA) is 101 Å². The first-order chi connectivity index (χ1) is 12.3. The maximum Gasteiger partial charge on any atom is 0.311 e. The van der Waals surface area contributed by atoms with E-state index in [1.807, 2.05) is 0 Å². The van der Waals surface area contributed by atoms with Crippen molar-refractivity contribution in [3.63, 3.8) is 0 Å². The molecule has 1 aliphatic heterocycles. The van der Waals surface area contributed by atoms with Crippen molar-refractivity contribution in [3.05, 3.63) is 38.8 Å². The van der Waals surface area contributed by atoms with Crippen molar-refractivity contribution in [2.75, 3.05) is 6.54 Å². The summed E-state index contributed by atoms with van der Waals surface area (Å²) in [7, 11) is 0. The van der Waals surface area contributed by atoms with E-state index in [1.54, 1.807) is 0 Å². The quantitative estimate of drug-likeness (QED) is 0.477. The predicted molar refractivity (Wildman–Crippen MR) is 98.6 cm³/mol. The third-order valence-electron chi connectivity index (χ3n) is 4.97. The van der Waals surface area contributed by atoms with E-state index in [1.165, 1.54) is 35.6 Å². The van der Waals surface area contributed by atoms with E-state index in [4.69, 9.17) is 0 Å². The fraction of sp³-hybridized carbons (Fsp3) is 0.444. The van der Waals surface area contributed by atoms with E-state index in [0.29, 0.717) is 12.1 Å². The number of phenolic OH excluding ortho intramolecular Hbond substituents is 1. The highest BCUT2D eigenvalue weighted by Crippen LogP contribution is 2.40. The number of hydrogen-bond donors (Lipinski definition) is 1. The average molecular weight is 376 g/mol. The summed E-state index contributed by atoms with van der Waals surface area (Å²) < 4.78 is 0. The van der Waals surface area contributed by atoms with E-state index >= 15 is 0 Å². The highest BCUT2D eigenvalue weighted by molar-refractivity contribution is 8.18. The number of nitro benzene ring substituents is 1. The zero-order valence-corrected chi connectivity index (χ0v) is 15.3. The summed E-state index contributed by atoms with van der Waals surface area (Å²) in [6.07, 6.45) is 6.87. The van der Waals surface area contributed by atoms with Crippen LogP contribution in [0.1, 0.15) is 44.6 Å². The van der Waals surface area contributed by atoms with Crippen LogP contribution in [0.4, 0.5) is 10.5 Å². The fourth-order valence-corrected chi connectivity index (χ4v) is 4.35. The molecule has 2 fully saturated rings. The van der Waals surface area contributed by atoms with Gasteiger partial charge in [0.05, 0.1) is 9.83 Å². The van der Waals surface area contributed by atoms with Gasteiger partial charge in [-0.3, -0.25) is 24.6 Å². The normalized spacial score (nSPS) is 21.4. The SMILES string of the molecule is CC1(CN2C(=O)S/C(=C/c3ccc(O)c([N+](=O)[O-])c3)C2=O)CCCCC1. The lowest BCUT2D eigenvalue weighted by atomic mass is 9.75. The first-order valence-electron chi connectivity index (χ1n) is 8.52. The summed E-state index contributed by atoms with van der Waals surface area (Å²) in [6, 6.07) is 3.86. The number of benzene rings is 1. The van der Waals surface area contributed by atoms with Crippen LogP contribution in [0.5, 0.6) is 5.75 Å². The van der Waals surface area contributed by atoms with Crippen molar-refractivity contribution in [2.24, 2.45) is 5.41 Å². The molecule has 1 saturated carbocycles. The maximum absolute atomic E-state index is 12.7. The lowest BCUT2D eigenvalue weighted by Crippen LogP contribution is -2.39. The minimum atomic E-state index is -0.692. The van der Waals surface area contributed by atoms with Crippen LogP contribution in [0.15, 0.2) is 23.1 Å². The summed E-state index contributed by atoms with van der Waals surface area (Å²) in [5.74, 6) is -0.798. The molecule has 1 aliphatic carbocycles. The Morgan fingerprint density at radius 2 is 2.00 bits per heavy atom. The molecule has 1 aromatic carbocycles. The largest absolute Gasteiger partial charge is 0.502 e. The van der Waals surface area contributed by atoms with Crippen LogP contribution < -0.4 is 0 Å². The molecule has 1 N–H and O–H groups in total. The number of carbonyl (C=O) groups excluding carboxylic acids is 2. The van der Waals surface area contributed by atoms with Gasteiger partial charge in [-0.25, -0.2) is 0 Å². The van der Waals surface area contributed by atoms with Crippen molar-refractivity contribution < 1.29 is 19.6 Å². The Labute approximate surface area is 155 Å². The first-order valence-corrected chi connectivity index (χ1v) is 9.33. The molecule has 1 saturated heterocycles. The van der Waals surface area contributed by atoms with Crippen LogP contribution in [0.25, 0.3) is 6.08 Å². The standard InChI is InChI=1S/C18H20N2O5S/c1-18(7-3-2-4-8-18)11-19-16(22)15(26-17(19)23)10-12-5-6-14(21)13(9-12)20(24)25/h5-6,9-10,21H,2-4,7-8,11H2,1H3/b15-10+. The van der Waals surface area contributed by atoms with Gasteiger partial charge in [-0.15, -0.1) is 0 Å². The number of nitrogens with zero attached hydrogens (tertiary/aromatic N) is 2. The Kier molecular flexibility index (Phi) is 5.04. The lowest BCUT2D eigenvalue weighted by Gasteiger charge is -2.35. The molecular formula is C18H20N2O5S. The number of aromatic hydroxyl groups is 1. The monoisotopic (exact) mass is 376 g/mol. The predicted octanol–water partition coefficient (Wildman–Crippen LogP) is 4.31. The second kappa shape index (κ2) is 7.11. The Hall–Kier alpha value is -2.35. The zero-order chi connectivity index (χ0) is 18.9. The van der Waals surface area contributed by atoms with Crippen LogP contribution >= 0.6 is 11.8 Å². The van der Waals surface area contributed by atoms with E-state index in [2.05, 4.69) is 6.92 Å². The number of nitro groups is 1. The molecule has 1 aromatic rings. The molecule has 138 valence electrons. The third-order valence-corrected chi connectivity index (χ3v) is 5.88. The number of rotatable bonds is 4. The molecule has 0 spiro atoms. The zero-order valence-electron chi connectivity index (χ0n) is 14.4. The van der Waals surface area contributed by atoms with E-state index in [0.717, 1.165) is 37.4 Å². The molecule has 0 aromatic heterocycles. The molecule has 7 nitrogen and oxygen atoms in total. The molecule has 2 aliphatic rings. The Morgan fingerprint density at radius 3 is 2.65 bits per heavy atom. The van der Waals surface area contributed by atoms with E-state index < -0.39 is 16.4 Å². The molecule has 8 heteroatoms. The minimum absolute atomic E-state index is 0.0447. The summed E-state index contributed by atoms with van der Waals surface area (Å²) in [6.45, 7) is 2.52. The lowest BCUT2D eigenvalue weighted by molar-refractivity contribution is -0.385. The van der Waals surface area contributed by atoms with Gasteiger partial charge in [0.1, 0.15) is 0 Å². The van der Waals surface area contributed by atoms with E-state index in [9.17, 15) is 24.8 Å². The number of carbonyl (C=O) groups is 2. The third kappa shape index (κ3) is 3.75. The molecule has 3 rings (SSSR count). The second-order valence-corrected chi connectivity index (χ2v) is 8.14. The van der Waals surface area contributed by atoms with Gasteiger partial charge in [-0.2, -0.15) is 0 Å². The number of hydrogen-bond acceptors (Lipinski definition) is 6. The van der Waals surface area contributed by atoms with Crippen LogP contribution in [-0.4, -0.2) is 32.6 Å². The molecule has 26 heavy (non-hydrogen) atoms. The van der Waals surface area contributed by atoms with Gasteiger partial charge in [0.15, 0.2) is 5.75 Å². The van der Waals surface area contributed by atoms with Crippen molar-refractivity contribution in [1.29, 1.82) is 0 Å². The molecule has 1 heterocycles. The van der Waals surface area contributed by atoms with Crippen LogP contribution in [0.3, 0.4) is 0 Å². The molecule has 2 amide bonds. The van der Waals surface area contributed by atoms with E-state index in [-0.39, 0.29) is 21.5 Å². The van der Waals surface area contributed by atoms with Gasteiger partial charge >= 0.3 is 5.69 Å². The second-order valence-electron chi connectivity index (χ2n) is 7.14.